The second kappa shape index (κ2) is 6.26. The van der Waals surface area contributed by atoms with Gasteiger partial charge in [0.1, 0.15) is 5.75 Å². The van der Waals surface area contributed by atoms with E-state index in [0.29, 0.717) is 12.1 Å². The molecule has 0 spiro atoms. The molecule has 1 N–H and O–H groups in total. The van der Waals surface area contributed by atoms with Crippen LogP contribution < -0.4 is 10.1 Å². The highest BCUT2D eigenvalue weighted by molar-refractivity contribution is 5.94. The smallest absolute Gasteiger partial charge is 0.251 e. The molecule has 1 heterocycles. The number of aromatic nitrogens is 1. The lowest BCUT2D eigenvalue weighted by molar-refractivity contribution is 0.0950. The number of hydrogen-bond donors (Lipinski definition) is 1. The molecular weight excluding hydrogens is 276 g/mol. The number of nitrogens with one attached hydrogen (secondary N) is 1. The molecule has 4 heteroatoms. The van der Waals surface area contributed by atoms with Gasteiger partial charge < -0.3 is 10.1 Å². The third-order valence-corrected chi connectivity index (χ3v) is 3.44. The number of carbonyl (C=O) groups excluding carboxylic acids is 1. The predicted octanol–water partition coefficient (Wildman–Crippen LogP) is 3.17. The molecule has 1 aromatic heterocycles. The Hall–Kier alpha value is -2.88. The highest BCUT2D eigenvalue weighted by Gasteiger charge is 2.06. The summed E-state index contributed by atoms with van der Waals surface area (Å²) < 4.78 is 5.08. The van der Waals surface area contributed by atoms with Gasteiger partial charge in [-0.15, -0.1) is 0 Å². The van der Waals surface area contributed by atoms with Crippen LogP contribution in [-0.4, -0.2) is 18.0 Å². The number of para-hydroxylation sites is 1. The third kappa shape index (κ3) is 3.06. The molecule has 110 valence electrons. The van der Waals surface area contributed by atoms with Gasteiger partial charge in [-0.1, -0.05) is 24.3 Å². The average Bonchev–Trinajstić information content (AvgIpc) is 2.59. The van der Waals surface area contributed by atoms with E-state index in [1.807, 2.05) is 36.4 Å². The maximum absolute atomic E-state index is 12.1. The number of rotatable bonds is 4. The topological polar surface area (TPSA) is 51.2 Å². The normalized spacial score (nSPS) is 10.4. The molecule has 3 rings (SSSR count). The van der Waals surface area contributed by atoms with Crippen molar-refractivity contribution in [3.63, 3.8) is 0 Å². The van der Waals surface area contributed by atoms with Crippen LogP contribution in [0.25, 0.3) is 10.9 Å². The third-order valence-electron chi connectivity index (χ3n) is 3.44. The fraction of sp³-hybridized carbons (Fsp3) is 0.111. The summed E-state index contributed by atoms with van der Waals surface area (Å²) in [5.74, 6) is 0.602. The maximum atomic E-state index is 12.1. The lowest BCUT2D eigenvalue weighted by Gasteiger charge is -2.07. The molecular formula is C18H16N2O2. The Morgan fingerprint density at radius 3 is 2.59 bits per heavy atom. The minimum atomic E-state index is -0.127. The Kier molecular flexibility index (Phi) is 4.01. The first-order chi connectivity index (χ1) is 10.8. The largest absolute Gasteiger partial charge is 0.497 e. The van der Waals surface area contributed by atoms with Gasteiger partial charge in [0.05, 0.1) is 24.9 Å². The summed E-state index contributed by atoms with van der Waals surface area (Å²) in [6, 6.07) is 18.9. The Balaban J connectivity index is 1.68. The average molecular weight is 292 g/mol. The number of fused-ring (bicyclic) bond motifs is 1. The molecule has 0 aliphatic carbocycles. The fourth-order valence-corrected chi connectivity index (χ4v) is 2.22. The Morgan fingerprint density at radius 1 is 1.05 bits per heavy atom. The summed E-state index contributed by atoms with van der Waals surface area (Å²) in [6.45, 7) is 0.399. The van der Waals surface area contributed by atoms with Crippen LogP contribution in [0.5, 0.6) is 5.75 Å². The molecule has 1 amide bonds. The van der Waals surface area contributed by atoms with Crippen molar-refractivity contribution in [3.05, 3.63) is 71.9 Å². The minimum absolute atomic E-state index is 0.127. The predicted molar refractivity (Wildman–Crippen MR) is 85.9 cm³/mol. The zero-order valence-electron chi connectivity index (χ0n) is 12.2. The Morgan fingerprint density at radius 2 is 1.82 bits per heavy atom. The van der Waals surface area contributed by atoms with Gasteiger partial charge in [0.25, 0.3) is 5.91 Å². The Labute approximate surface area is 128 Å². The van der Waals surface area contributed by atoms with Crippen LogP contribution in [-0.2, 0) is 6.54 Å². The van der Waals surface area contributed by atoms with E-state index in [4.69, 9.17) is 4.74 Å². The molecule has 2 aromatic carbocycles. The first-order valence-electron chi connectivity index (χ1n) is 7.03. The highest BCUT2D eigenvalue weighted by Crippen LogP contribution is 2.13. The fourth-order valence-electron chi connectivity index (χ4n) is 2.22. The van der Waals surface area contributed by atoms with E-state index < -0.39 is 0 Å². The SMILES string of the molecule is COc1ccc(C(=O)NCc2ccc3ccccc3n2)cc1. The van der Waals surface area contributed by atoms with Gasteiger partial charge >= 0.3 is 0 Å². The number of carbonyl (C=O) groups is 1. The molecule has 4 nitrogen and oxygen atoms in total. The van der Waals surface area contributed by atoms with E-state index in [-0.39, 0.29) is 5.91 Å². The van der Waals surface area contributed by atoms with Gasteiger partial charge in [0.15, 0.2) is 0 Å². The number of benzene rings is 2. The molecule has 0 aliphatic rings. The number of methoxy groups -OCH3 is 1. The summed E-state index contributed by atoms with van der Waals surface area (Å²) in [6.07, 6.45) is 0. The van der Waals surface area contributed by atoms with Crippen LogP contribution in [0.3, 0.4) is 0 Å². The van der Waals surface area contributed by atoms with E-state index >= 15 is 0 Å². The van der Waals surface area contributed by atoms with Crippen LogP contribution >= 0.6 is 0 Å². The quantitative estimate of drug-likeness (QED) is 0.803. The zero-order valence-corrected chi connectivity index (χ0v) is 12.2. The van der Waals surface area contributed by atoms with Crippen LogP contribution in [0, 0.1) is 0 Å². The van der Waals surface area contributed by atoms with Gasteiger partial charge in [0.2, 0.25) is 0 Å². The standard InChI is InChI=1S/C18H16N2O2/c1-22-16-10-7-14(8-11-16)18(21)19-12-15-9-6-13-4-2-3-5-17(13)20-15/h2-11H,12H2,1H3,(H,19,21). The minimum Gasteiger partial charge on any atom is -0.497 e. The molecule has 3 aromatic rings. The van der Waals surface area contributed by atoms with Crippen molar-refractivity contribution < 1.29 is 9.53 Å². The Bertz CT molecular complexity index is 798. The molecule has 0 saturated carbocycles. The lowest BCUT2D eigenvalue weighted by atomic mass is 10.2. The molecule has 0 saturated heterocycles. The van der Waals surface area contributed by atoms with E-state index in [0.717, 1.165) is 22.3 Å². The van der Waals surface area contributed by atoms with E-state index in [1.165, 1.54) is 0 Å². The summed E-state index contributed by atoms with van der Waals surface area (Å²) in [4.78, 5) is 16.6. The van der Waals surface area contributed by atoms with Gasteiger partial charge in [0, 0.05) is 10.9 Å². The first-order valence-corrected chi connectivity index (χ1v) is 7.03. The van der Waals surface area contributed by atoms with Crippen molar-refractivity contribution in [3.8, 4) is 5.75 Å². The van der Waals surface area contributed by atoms with Crippen LogP contribution in [0.2, 0.25) is 0 Å². The molecule has 0 unspecified atom stereocenters. The number of pyridine rings is 1. The number of amides is 1. The van der Waals surface area contributed by atoms with Crippen molar-refractivity contribution >= 4 is 16.8 Å². The molecule has 0 bridgehead atoms. The highest BCUT2D eigenvalue weighted by atomic mass is 16.5. The zero-order chi connectivity index (χ0) is 15.4. The second-order valence-corrected chi connectivity index (χ2v) is 4.91. The number of nitrogens with zero attached hydrogens (tertiary/aromatic N) is 1. The summed E-state index contributed by atoms with van der Waals surface area (Å²) >= 11 is 0. The van der Waals surface area contributed by atoms with E-state index in [1.54, 1.807) is 31.4 Å². The van der Waals surface area contributed by atoms with Gasteiger partial charge in [-0.05, 0) is 36.4 Å². The summed E-state index contributed by atoms with van der Waals surface area (Å²) in [7, 11) is 1.60. The van der Waals surface area contributed by atoms with Crippen molar-refractivity contribution in [2.45, 2.75) is 6.54 Å². The molecule has 22 heavy (non-hydrogen) atoms. The van der Waals surface area contributed by atoms with Crippen LogP contribution in [0.4, 0.5) is 0 Å². The van der Waals surface area contributed by atoms with E-state index in [9.17, 15) is 4.79 Å². The summed E-state index contributed by atoms with van der Waals surface area (Å²) in [5.41, 5.74) is 2.36. The van der Waals surface area contributed by atoms with E-state index in [2.05, 4.69) is 10.3 Å². The van der Waals surface area contributed by atoms with Crippen LogP contribution in [0.1, 0.15) is 16.1 Å². The van der Waals surface area contributed by atoms with Crippen molar-refractivity contribution in [2.75, 3.05) is 7.11 Å². The van der Waals surface area contributed by atoms with Gasteiger partial charge in [-0.2, -0.15) is 0 Å². The van der Waals surface area contributed by atoms with Crippen molar-refractivity contribution in [2.24, 2.45) is 0 Å². The molecule has 0 fully saturated rings. The van der Waals surface area contributed by atoms with Gasteiger partial charge in [-0.25, -0.2) is 0 Å². The van der Waals surface area contributed by atoms with Gasteiger partial charge in [-0.3, -0.25) is 9.78 Å². The second-order valence-electron chi connectivity index (χ2n) is 4.91. The monoisotopic (exact) mass is 292 g/mol. The first kappa shape index (κ1) is 14.1. The summed E-state index contributed by atoms with van der Waals surface area (Å²) in [5, 5.41) is 3.97. The number of hydrogen-bond acceptors (Lipinski definition) is 3. The maximum Gasteiger partial charge on any atom is 0.251 e. The van der Waals surface area contributed by atoms with Crippen LogP contribution in [0.15, 0.2) is 60.7 Å². The lowest BCUT2D eigenvalue weighted by Crippen LogP contribution is -2.23. The molecule has 0 aliphatic heterocycles. The molecule has 0 radical (unpaired) electrons. The van der Waals surface area contributed by atoms with Crippen molar-refractivity contribution in [1.29, 1.82) is 0 Å². The van der Waals surface area contributed by atoms with Crippen molar-refractivity contribution in [1.82, 2.24) is 10.3 Å². The number of ether oxygens (including phenoxy) is 1. The molecule has 0 atom stereocenters.